The molecule has 2 atom stereocenters. The zero-order valence-electron chi connectivity index (χ0n) is 28.3. The molecule has 4 heterocycles. The van der Waals surface area contributed by atoms with Crippen molar-refractivity contribution >= 4 is 23.4 Å². The molecular weight excluding hydrogens is 700 g/mol. The predicted octanol–water partition coefficient (Wildman–Crippen LogP) is 5.86. The van der Waals surface area contributed by atoms with Crippen molar-refractivity contribution in [3.05, 3.63) is 76.1 Å². The number of hydrogen-bond acceptors (Lipinski definition) is 10. The van der Waals surface area contributed by atoms with Crippen LogP contribution in [0.15, 0.2) is 36.5 Å². The van der Waals surface area contributed by atoms with Gasteiger partial charge in [0.2, 0.25) is 0 Å². The smallest absolute Gasteiger partial charge is 0.433 e. The Morgan fingerprint density at radius 1 is 1.08 bits per heavy atom. The number of nitriles is 1. The van der Waals surface area contributed by atoms with E-state index in [-0.39, 0.29) is 53.3 Å². The number of ether oxygens (including phenoxy) is 2. The summed E-state index contributed by atoms with van der Waals surface area (Å²) in [6.07, 6.45) is -9.76. The first-order valence-electron chi connectivity index (χ1n) is 16.1. The number of aliphatic carboxylic acids is 1. The molecule has 1 fully saturated rings. The fraction of sp³-hybridized carbons (Fsp3) is 0.471. The van der Waals surface area contributed by atoms with Gasteiger partial charge in [0.15, 0.2) is 0 Å². The average molecular weight is 736 g/mol. The van der Waals surface area contributed by atoms with E-state index in [1.165, 1.54) is 26.1 Å². The lowest BCUT2D eigenvalue weighted by Gasteiger charge is -2.46. The van der Waals surface area contributed by atoms with Gasteiger partial charge in [-0.3, -0.25) is 9.69 Å². The second-order valence-electron chi connectivity index (χ2n) is 13.3. The van der Waals surface area contributed by atoms with Crippen LogP contribution in [-0.2, 0) is 33.0 Å². The number of fused-ring (bicyclic) bond motifs is 1. The van der Waals surface area contributed by atoms with Crippen molar-refractivity contribution in [2.45, 2.75) is 64.0 Å². The molecule has 278 valence electrons. The third-order valence-corrected chi connectivity index (χ3v) is 9.05. The first kappa shape index (κ1) is 38.2. The van der Waals surface area contributed by atoms with Crippen molar-refractivity contribution < 1.29 is 50.5 Å². The highest BCUT2D eigenvalue weighted by atomic mass is 19.4. The number of aromatic nitrogens is 3. The van der Waals surface area contributed by atoms with Crippen molar-refractivity contribution in [1.82, 2.24) is 15.0 Å². The lowest BCUT2D eigenvalue weighted by atomic mass is 9.83. The number of carbonyl (C=O) groups is 2. The Morgan fingerprint density at radius 2 is 1.77 bits per heavy atom. The summed E-state index contributed by atoms with van der Waals surface area (Å²) >= 11 is 0. The van der Waals surface area contributed by atoms with Crippen LogP contribution in [0.1, 0.15) is 79.1 Å². The monoisotopic (exact) mass is 735 g/mol. The Labute approximate surface area is 294 Å². The van der Waals surface area contributed by atoms with E-state index in [1.807, 2.05) is 4.90 Å². The van der Waals surface area contributed by atoms with Crippen LogP contribution in [-0.4, -0.2) is 70.7 Å². The minimum absolute atomic E-state index is 0.0429. The van der Waals surface area contributed by atoms with Crippen LogP contribution >= 0.6 is 0 Å². The summed E-state index contributed by atoms with van der Waals surface area (Å²) in [7, 11) is 0. The van der Waals surface area contributed by atoms with Gasteiger partial charge in [-0.25, -0.2) is 19.7 Å². The highest BCUT2D eigenvalue weighted by Crippen LogP contribution is 2.46. The van der Waals surface area contributed by atoms with Gasteiger partial charge in [-0.15, -0.1) is 0 Å². The summed E-state index contributed by atoms with van der Waals surface area (Å²) in [6.45, 7) is 5.16. The highest BCUT2D eigenvalue weighted by molar-refractivity contribution is 5.91. The van der Waals surface area contributed by atoms with E-state index in [2.05, 4.69) is 9.97 Å². The third kappa shape index (κ3) is 7.89. The number of halogens is 6. The highest BCUT2D eigenvalue weighted by Gasteiger charge is 2.49. The number of hydrogen-bond donors (Lipinski definition) is 2. The Kier molecular flexibility index (Phi) is 10.4. The molecule has 0 spiro atoms. The number of rotatable bonds is 8. The lowest BCUT2D eigenvalue weighted by Crippen LogP contribution is -2.62. The Hall–Kier alpha value is -5.02. The second-order valence-corrected chi connectivity index (χ2v) is 13.3. The SMILES string of the molecule is CC[C@]1(N)C[C@H](c2ncc(N3CCOCC3)c(Cc3cc(C#N)cc(C(F)(F)F)c3)n2)c2nc(C(F)(F)F)ccc2N1C(=O)OCC(C)(C)C(=O)O. The minimum atomic E-state index is -4.90. The van der Waals surface area contributed by atoms with Crippen molar-refractivity contribution in [2.75, 3.05) is 42.7 Å². The van der Waals surface area contributed by atoms with Crippen LogP contribution in [0.5, 0.6) is 0 Å². The lowest BCUT2D eigenvalue weighted by molar-refractivity contribution is -0.149. The molecule has 1 aromatic carbocycles. The molecule has 5 rings (SSSR count). The van der Waals surface area contributed by atoms with Crippen molar-refractivity contribution in [1.29, 1.82) is 5.26 Å². The summed E-state index contributed by atoms with van der Waals surface area (Å²) in [5, 5.41) is 19.0. The molecule has 3 aromatic rings. The van der Waals surface area contributed by atoms with E-state index in [9.17, 15) is 46.3 Å². The van der Waals surface area contributed by atoms with E-state index in [0.29, 0.717) is 38.1 Å². The van der Waals surface area contributed by atoms with Crippen LogP contribution in [0, 0.1) is 16.7 Å². The van der Waals surface area contributed by atoms with Crippen LogP contribution in [0.25, 0.3) is 0 Å². The molecule has 1 saturated heterocycles. The topological polar surface area (TPSA) is 168 Å². The van der Waals surface area contributed by atoms with Gasteiger partial charge in [0.25, 0.3) is 0 Å². The fourth-order valence-electron chi connectivity index (χ4n) is 6.03. The number of amides is 1. The summed E-state index contributed by atoms with van der Waals surface area (Å²) in [6, 6.07) is 6.36. The van der Waals surface area contributed by atoms with Gasteiger partial charge in [0, 0.05) is 19.5 Å². The number of alkyl halides is 6. The largest absolute Gasteiger partial charge is 0.481 e. The third-order valence-electron chi connectivity index (χ3n) is 9.05. The number of carboxylic acid groups (broad SMARTS) is 1. The maximum Gasteiger partial charge on any atom is 0.433 e. The van der Waals surface area contributed by atoms with E-state index in [4.69, 9.17) is 20.2 Å². The van der Waals surface area contributed by atoms with Gasteiger partial charge in [-0.1, -0.05) is 6.92 Å². The molecule has 3 N–H and O–H groups in total. The summed E-state index contributed by atoms with van der Waals surface area (Å²) in [5.41, 5.74) is 1.48. The predicted molar refractivity (Wildman–Crippen MR) is 172 cm³/mol. The maximum atomic E-state index is 14.0. The fourth-order valence-corrected chi connectivity index (χ4v) is 6.03. The maximum absolute atomic E-state index is 14.0. The summed E-state index contributed by atoms with van der Waals surface area (Å²) < 4.78 is 94.2. The second kappa shape index (κ2) is 14.2. The number of nitrogens with two attached hydrogens (primary N) is 1. The van der Waals surface area contributed by atoms with Gasteiger partial charge in [-0.05, 0) is 62.6 Å². The van der Waals surface area contributed by atoms with E-state index in [1.54, 1.807) is 13.0 Å². The number of benzene rings is 1. The number of nitrogens with zero attached hydrogens (tertiary/aromatic N) is 6. The standard InChI is InChI=1S/C34H35F6N7O5/c1-4-32(42)15-22(27-24(5-6-26(45-27)34(38,39)40)47(32)30(50)52-18-31(2,3)29(48)49)28-43-17-25(46-7-9-51-10-8-46)23(44-28)14-19-11-20(16-41)13-21(12-19)33(35,36)37/h5-6,11-13,17,22H,4,7-10,14-15,18,42H2,1-3H3,(H,48,49)/t22-,32+/m0/s1. The molecule has 1 amide bonds. The van der Waals surface area contributed by atoms with E-state index < -0.39 is 59.3 Å². The van der Waals surface area contributed by atoms with Gasteiger partial charge >= 0.3 is 24.4 Å². The number of pyridine rings is 1. The van der Waals surface area contributed by atoms with Crippen LogP contribution in [0.4, 0.5) is 42.5 Å². The average Bonchev–Trinajstić information content (AvgIpc) is 3.09. The molecule has 18 heteroatoms. The molecule has 0 unspecified atom stereocenters. The molecule has 2 aliphatic heterocycles. The number of anilines is 2. The van der Waals surface area contributed by atoms with Crippen LogP contribution in [0.2, 0.25) is 0 Å². The van der Waals surface area contributed by atoms with Crippen molar-refractivity contribution in [2.24, 2.45) is 11.1 Å². The van der Waals surface area contributed by atoms with Crippen LogP contribution < -0.4 is 15.5 Å². The Morgan fingerprint density at radius 3 is 2.37 bits per heavy atom. The zero-order chi connectivity index (χ0) is 38.2. The van der Waals surface area contributed by atoms with Crippen LogP contribution in [0.3, 0.4) is 0 Å². The number of carboxylic acids is 1. The Balaban J connectivity index is 1.65. The molecule has 0 bridgehead atoms. The molecular formula is C34H35F6N7O5. The first-order valence-corrected chi connectivity index (χ1v) is 16.1. The Bertz CT molecular complexity index is 1890. The van der Waals surface area contributed by atoms with E-state index >= 15 is 0 Å². The molecule has 0 radical (unpaired) electrons. The molecule has 52 heavy (non-hydrogen) atoms. The minimum Gasteiger partial charge on any atom is -0.481 e. The normalized spacial score (nSPS) is 19.5. The number of carbonyl (C=O) groups excluding carboxylic acids is 1. The van der Waals surface area contributed by atoms with Crippen molar-refractivity contribution in [3.63, 3.8) is 0 Å². The van der Waals surface area contributed by atoms with Gasteiger partial charge < -0.3 is 25.2 Å². The van der Waals surface area contributed by atoms with Crippen molar-refractivity contribution in [3.8, 4) is 6.07 Å². The molecule has 2 aromatic heterocycles. The van der Waals surface area contributed by atoms with Gasteiger partial charge in [0.05, 0.1) is 70.7 Å². The summed E-state index contributed by atoms with van der Waals surface area (Å²) in [5.74, 6) is -2.47. The zero-order valence-corrected chi connectivity index (χ0v) is 28.3. The first-order chi connectivity index (χ1) is 24.3. The summed E-state index contributed by atoms with van der Waals surface area (Å²) in [4.78, 5) is 41.2. The molecule has 12 nitrogen and oxygen atoms in total. The molecule has 0 saturated carbocycles. The quantitative estimate of drug-likeness (QED) is 0.266. The van der Waals surface area contributed by atoms with Gasteiger partial charge in [-0.2, -0.15) is 31.6 Å². The van der Waals surface area contributed by atoms with Gasteiger partial charge in [0.1, 0.15) is 23.8 Å². The number of morpholine rings is 1. The molecule has 0 aliphatic carbocycles. The molecule has 2 aliphatic rings. The van der Waals surface area contributed by atoms with E-state index in [0.717, 1.165) is 23.1 Å².